The van der Waals surface area contributed by atoms with E-state index in [1.54, 1.807) is 24.3 Å². The fraction of sp³-hybridized carbons (Fsp3) is 0.111. The number of rotatable bonds is 3. The molecule has 6 nitrogen and oxygen atoms in total. The molecule has 0 saturated carbocycles. The number of Topliss-reactive ketones (excluding diaryl/α,β-unsaturated/α-hetero) is 1. The van der Waals surface area contributed by atoms with Gasteiger partial charge in [0.05, 0.1) is 24.8 Å². The number of esters is 1. The number of nitrogens with zero attached hydrogens (tertiary/aromatic N) is 1. The minimum absolute atomic E-state index is 0.0425. The lowest BCUT2D eigenvalue weighted by atomic mass is 9.97. The molecular weight excluding hydrogens is 310 g/mol. The van der Waals surface area contributed by atoms with Crippen molar-refractivity contribution in [2.75, 3.05) is 7.11 Å². The average Bonchev–Trinajstić information content (AvgIpc) is 2.63. The lowest BCUT2D eigenvalue weighted by molar-refractivity contribution is -0.124. The Bertz CT molecular complexity index is 854. The van der Waals surface area contributed by atoms with E-state index in [0.717, 1.165) is 4.90 Å². The highest BCUT2D eigenvalue weighted by Crippen LogP contribution is 2.21. The van der Waals surface area contributed by atoms with Crippen molar-refractivity contribution < 1.29 is 23.9 Å². The Morgan fingerprint density at radius 1 is 0.917 bits per heavy atom. The fourth-order valence-corrected chi connectivity index (χ4v) is 2.53. The Hall–Kier alpha value is -3.28. The van der Waals surface area contributed by atoms with Gasteiger partial charge in [0.2, 0.25) is 0 Å². The van der Waals surface area contributed by atoms with E-state index >= 15 is 0 Å². The van der Waals surface area contributed by atoms with Gasteiger partial charge in [-0.25, -0.2) is 4.79 Å². The second-order valence-corrected chi connectivity index (χ2v) is 5.26. The summed E-state index contributed by atoms with van der Waals surface area (Å²) in [6, 6.07) is 12.5. The zero-order chi connectivity index (χ0) is 17.3. The van der Waals surface area contributed by atoms with Crippen LogP contribution in [0.5, 0.6) is 0 Å². The van der Waals surface area contributed by atoms with Gasteiger partial charge in [0, 0.05) is 5.56 Å². The monoisotopic (exact) mass is 323 g/mol. The summed E-state index contributed by atoms with van der Waals surface area (Å²) in [5.74, 6) is -2.53. The summed E-state index contributed by atoms with van der Waals surface area (Å²) in [6.07, 6.45) is 0. The Labute approximate surface area is 137 Å². The van der Waals surface area contributed by atoms with Crippen LogP contribution in [-0.2, 0) is 16.1 Å². The summed E-state index contributed by atoms with van der Waals surface area (Å²) in [5, 5.41) is 0. The van der Waals surface area contributed by atoms with E-state index in [4.69, 9.17) is 0 Å². The van der Waals surface area contributed by atoms with Crippen LogP contribution < -0.4 is 0 Å². The number of fused-ring (bicyclic) bond motifs is 1. The van der Waals surface area contributed by atoms with Crippen molar-refractivity contribution in [3.05, 3.63) is 70.8 Å². The van der Waals surface area contributed by atoms with Gasteiger partial charge >= 0.3 is 11.9 Å². The maximum Gasteiger partial charge on any atom is 0.337 e. The number of hydrogen-bond donors (Lipinski definition) is 0. The third-order valence-electron chi connectivity index (χ3n) is 3.80. The molecule has 0 saturated heterocycles. The van der Waals surface area contributed by atoms with Gasteiger partial charge in [-0.3, -0.25) is 19.3 Å². The molecule has 0 atom stereocenters. The minimum atomic E-state index is -0.851. The molecule has 0 aliphatic carbocycles. The molecule has 0 aromatic heterocycles. The number of methoxy groups -OCH3 is 1. The van der Waals surface area contributed by atoms with Gasteiger partial charge in [-0.05, 0) is 23.8 Å². The summed E-state index contributed by atoms with van der Waals surface area (Å²) in [6.45, 7) is -0.0425. The molecule has 0 unspecified atom stereocenters. The highest BCUT2D eigenvalue weighted by molar-refractivity contribution is 6.49. The predicted octanol–water partition coefficient (Wildman–Crippen LogP) is 1.84. The molecule has 0 radical (unpaired) electrons. The second-order valence-electron chi connectivity index (χ2n) is 5.26. The number of amides is 2. The van der Waals surface area contributed by atoms with E-state index < -0.39 is 23.6 Å². The van der Waals surface area contributed by atoms with E-state index in [1.165, 1.54) is 31.4 Å². The number of carbonyl (C=O) groups excluding carboxylic acids is 4. The molecule has 2 aromatic carbocycles. The number of carbonyl (C=O) groups is 4. The third kappa shape index (κ3) is 2.58. The number of ether oxygens (including phenoxy) is 1. The number of ketones is 1. The first-order valence-electron chi connectivity index (χ1n) is 7.19. The van der Waals surface area contributed by atoms with Gasteiger partial charge in [-0.15, -0.1) is 0 Å². The summed E-state index contributed by atoms with van der Waals surface area (Å²) in [7, 11) is 1.28. The zero-order valence-corrected chi connectivity index (χ0v) is 12.8. The van der Waals surface area contributed by atoms with Crippen molar-refractivity contribution in [2.24, 2.45) is 0 Å². The number of imide groups is 1. The molecule has 3 rings (SSSR count). The van der Waals surface area contributed by atoms with E-state index in [1.807, 2.05) is 0 Å². The van der Waals surface area contributed by atoms with Crippen molar-refractivity contribution in [3.63, 3.8) is 0 Å². The standard InChI is InChI=1S/C18H13NO5/c1-24-18(23)12-8-6-11(7-9-12)10-19-16(21)14-5-3-2-4-13(14)15(20)17(19)22/h2-9H,10H2,1H3. The van der Waals surface area contributed by atoms with Crippen LogP contribution in [0.3, 0.4) is 0 Å². The summed E-state index contributed by atoms with van der Waals surface area (Å²) < 4.78 is 4.61. The molecule has 2 aromatic rings. The lowest BCUT2D eigenvalue weighted by Gasteiger charge is -2.25. The maximum absolute atomic E-state index is 12.5. The molecule has 0 fully saturated rings. The number of hydrogen-bond acceptors (Lipinski definition) is 5. The van der Waals surface area contributed by atoms with Crippen molar-refractivity contribution in [1.29, 1.82) is 0 Å². The first-order valence-corrected chi connectivity index (χ1v) is 7.19. The van der Waals surface area contributed by atoms with Crippen LogP contribution in [0, 0.1) is 0 Å². The van der Waals surface area contributed by atoms with Gasteiger partial charge in [0.1, 0.15) is 0 Å². The molecule has 24 heavy (non-hydrogen) atoms. The molecule has 1 aliphatic rings. The minimum Gasteiger partial charge on any atom is -0.465 e. The van der Waals surface area contributed by atoms with Crippen LogP contribution >= 0.6 is 0 Å². The Kier molecular flexibility index (Phi) is 3.95. The SMILES string of the molecule is COC(=O)c1ccc(CN2C(=O)C(=O)c3ccccc3C2=O)cc1. The third-order valence-corrected chi connectivity index (χ3v) is 3.80. The molecule has 120 valence electrons. The summed E-state index contributed by atoms with van der Waals surface area (Å²) in [4.78, 5) is 49.2. The molecule has 0 spiro atoms. The van der Waals surface area contributed by atoms with Crippen molar-refractivity contribution in [1.82, 2.24) is 4.90 Å². The van der Waals surface area contributed by atoms with E-state index in [0.29, 0.717) is 11.1 Å². The van der Waals surface area contributed by atoms with Crippen LogP contribution in [0.1, 0.15) is 36.6 Å². The van der Waals surface area contributed by atoms with Crippen LogP contribution in [0.15, 0.2) is 48.5 Å². The van der Waals surface area contributed by atoms with Crippen molar-refractivity contribution in [2.45, 2.75) is 6.54 Å². The van der Waals surface area contributed by atoms with E-state index in [9.17, 15) is 19.2 Å². The van der Waals surface area contributed by atoms with E-state index in [-0.39, 0.29) is 17.7 Å². The highest BCUT2D eigenvalue weighted by Gasteiger charge is 2.37. The van der Waals surface area contributed by atoms with Gasteiger partial charge in [-0.2, -0.15) is 0 Å². The lowest BCUT2D eigenvalue weighted by Crippen LogP contribution is -2.45. The Balaban J connectivity index is 1.88. The second kappa shape index (κ2) is 6.08. The largest absolute Gasteiger partial charge is 0.465 e. The normalized spacial score (nSPS) is 13.7. The predicted molar refractivity (Wildman–Crippen MR) is 83.4 cm³/mol. The van der Waals surface area contributed by atoms with E-state index in [2.05, 4.69) is 4.74 Å². The topological polar surface area (TPSA) is 80.8 Å². The van der Waals surface area contributed by atoms with Crippen LogP contribution in [-0.4, -0.2) is 35.6 Å². The first-order chi connectivity index (χ1) is 11.5. The summed E-state index contributed by atoms with van der Waals surface area (Å²) in [5.41, 5.74) is 1.33. The van der Waals surface area contributed by atoms with Crippen LogP contribution in [0.2, 0.25) is 0 Å². The maximum atomic E-state index is 12.5. The first kappa shape index (κ1) is 15.6. The molecule has 2 amide bonds. The fourth-order valence-electron chi connectivity index (χ4n) is 2.53. The molecule has 1 heterocycles. The smallest absolute Gasteiger partial charge is 0.337 e. The average molecular weight is 323 g/mol. The highest BCUT2D eigenvalue weighted by atomic mass is 16.5. The van der Waals surface area contributed by atoms with Crippen LogP contribution in [0.4, 0.5) is 0 Å². The molecule has 6 heteroatoms. The van der Waals surface area contributed by atoms with Gasteiger partial charge in [0.25, 0.3) is 11.7 Å². The molecule has 0 bridgehead atoms. The zero-order valence-electron chi connectivity index (χ0n) is 12.8. The quantitative estimate of drug-likeness (QED) is 0.489. The van der Waals surface area contributed by atoms with Gasteiger partial charge < -0.3 is 4.74 Å². The molecular formula is C18H13NO5. The van der Waals surface area contributed by atoms with Crippen LogP contribution in [0.25, 0.3) is 0 Å². The van der Waals surface area contributed by atoms with Crippen molar-refractivity contribution >= 4 is 23.6 Å². The number of benzene rings is 2. The molecule has 0 N–H and O–H groups in total. The Morgan fingerprint density at radius 3 is 2.17 bits per heavy atom. The van der Waals surface area contributed by atoms with Gasteiger partial charge in [0.15, 0.2) is 0 Å². The molecule has 1 aliphatic heterocycles. The van der Waals surface area contributed by atoms with Gasteiger partial charge in [-0.1, -0.05) is 30.3 Å². The van der Waals surface area contributed by atoms with Crippen molar-refractivity contribution in [3.8, 4) is 0 Å². The Morgan fingerprint density at radius 2 is 1.54 bits per heavy atom. The summed E-state index contributed by atoms with van der Waals surface area (Å²) >= 11 is 0.